The molecule has 0 saturated heterocycles. The summed E-state index contributed by atoms with van der Waals surface area (Å²) in [5.41, 5.74) is 1.13. The van der Waals surface area contributed by atoms with Crippen LogP contribution in [0.1, 0.15) is 38.2 Å². The number of ether oxygens (including phenoxy) is 1. The molecule has 0 bridgehead atoms. The number of carbonyl (C=O) groups excluding carboxylic acids is 1. The number of rotatable bonds is 12. The van der Waals surface area contributed by atoms with Gasteiger partial charge in [-0.1, -0.05) is 43.7 Å². The summed E-state index contributed by atoms with van der Waals surface area (Å²) >= 11 is 0. The number of carbonyl (C=O) groups is 1. The van der Waals surface area contributed by atoms with Gasteiger partial charge in [-0.15, -0.1) is 0 Å². The van der Waals surface area contributed by atoms with Crippen LogP contribution < -0.4 is 10.6 Å². The minimum atomic E-state index is 0.112. The van der Waals surface area contributed by atoms with Gasteiger partial charge < -0.3 is 20.3 Å². The maximum absolute atomic E-state index is 12.2. The number of hydrogen-bond donors (Lipinski definition) is 2. The molecule has 1 aromatic rings. The predicted molar refractivity (Wildman–Crippen MR) is 107 cm³/mol. The minimum absolute atomic E-state index is 0.112. The number of nitrogens with zero attached hydrogens (tertiary/aromatic N) is 2. The largest absolute Gasteiger partial charge is 0.381 e. The third-order valence-corrected chi connectivity index (χ3v) is 3.94. The summed E-state index contributed by atoms with van der Waals surface area (Å²) in [5, 5.41) is 6.42. The van der Waals surface area contributed by atoms with Crippen molar-refractivity contribution >= 4 is 11.9 Å². The fraction of sp³-hybridized carbons (Fsp3) is 0.600. The van der Waals surface area contributed by atoms with E-state index >= 15 is 0 Å². The third-order valence-electron chi connectivity index (χ3n) is 3.94. The number of hydrogen-bond acceptors (Lipinski definition) is 3. The van der Waals surface area contributed by atoms with E-state index < -0.39 is 0 Å². The maximum atomic E-state index is 12.2. The number of nitrogens with one attached hydrogen (secondary N) is 2. The lowest BCUT2D eigenvalue weighted by Gasteiger charge is -2.18. The van der Waals surface area contributed by atoms with Crippen molar-refractivity contribution in [3.63, 3.8) is 0 Å². The number of amides is 1. The van der Waals surface area contributed by atoms with Gasteiger partial charge in [0.15, 0.2) is 5.96 Å². The molecule has 0 aliphatic carbocycles. The van der Waals surface area contributed by atoms with E-state index in [4.69, 9.17) is 4.74 Å². The summed E-state index contributed by atoms with van der Waals surface area (Å²) < 4.78 is 5.53. The van der Waals surface area contributed by atoms with Gasteiger partial charge in [0.2, 0.25) is 5.91 Å². The normalized spacial score (nSPS) is 11.3. The predicted octanol–water partition coefficient (Wildman–Crippen LogP) is 2.41. The zero-order valence-electron chi connectivity index (χ0n) is 16.5. The molecule has 1 rings (SSSR count). The quantitative estimate of drug-likeness (QED) is 0.340. The van der Waals surface area contributed by atoms with Crippen molar-refractivity contribution < 1.29 is 9.53 Å². The Kier molecular flexibility index (Phi) is 11.9. The SMILES string of the molecule is CCCCOCCCNC(=NC)NCCC(=O)N(C)Cc1ccccc1. The highest BCUT2D eigenvalue weighted by Crippen LogP contribution is 2.03. The standard InChI is InChI=1S/C20H34N4O2/c1-4-5-15-26-16-9-13-22-20(21-2)23-14-12-19(25)24(3)17-18-10-7-6-8-11-18/h6-8,10-11H,4-5,9,12-17H2,1-3H3,(H2,21,22,23). The van der Waals surface area contributed by atoms with Crippen LogP contribution in [-0.4, -0.2) is 57.2 Å². The summed E-state index contributed by atoms with van der Waals surface area (Å²) in [6.45, 7) is 5.74. The number of benzene rings is 1. The average Bonchev–Trinajstić information content (AvgIpc) is 2.66. The lowest BCUT2D eigenvalue weighted by atomic mass is 10.2. The van der Waals surface area contributed by atoms with Gasteiger partial charge in [-0.3, -0.25) is 9.79 Å². The molecule has 1 amide bonds. The van der Waals surface area contributed by atoms with Crippen LogP contribution in [0.2, 0.25) is 0 Å². The van der Waals surface area contributed by atoms with Gasteiger partial charge in [0.25, 0.3) is 0 Å². The van der Waals surface area contributed by atoms with E-state index in [0.717, 1.165) is 50.5 Å². The Labute approximate surface area is 158 Å². The van der Waals surface area contributed by atoms with Crippen molar-refractivity contribution in [3.05, 3.63) is 35.9 Å². The zero-order chi connectivity index (χ0) is 19.0. The molecular formula is C20H34N4O2. The molecule has 6 heteroatoms. The molecule has 0 spiro atoms. The van der Waals surface area contributed by atoms with Gasteiger partial charge in [0.05, 0.1) is 0 Å². The van der Waals surface area contributed by atoms with E-state index in [9.17, 15) is 4.79 Å². The first-order valence-electron chi connectivity index (χ1n) is 9.47. The van der Waals surface area contributed by atoms with Crippen LogP contribution in [0, 0.1) is 0 Å². The zero-order valence-corrected chi connectivity index (χ0v) is 16.5. The highest BCUT2D eigenvalue weighted by atomic mass is 16.5. The molecule has 0 aromatic heterocycles. The first kappa shape index (κ1) is 22.0. The van der Waals surface area contributed by atoms with Gasteiger partial charge >= 0.3 is 0 Å². The van der Waals surface area contributed by atoms with E-state index in [0.29, 0.717) is 19.5 Å². The molecule has 1 aromatic carbocycles. The summed E-state index contributed by atoms with van der Waals surface area (Å²) in [6, 6.07) is 10.0. The number of aliphatic imine (C=N–C) groups is 1. The van der Waals surface area contributed by atoms with Crippen molar-refractivity contribution in [1.82, 2.24) is 15.5 Å². The fourth-order valence-corrected chi connectivity index (χ4v) is 2.37. The summed E-state index contributed by atoms with van der Waals surface area (Å²) in [7, 11) is 3.57. The van der Waals surface area contributed by atoms with Gasteiger partial charge in [-0.25, -0.2) is 0 Å². The number of unbranched alkanes of at least 4 members (excludes halogenated alkanes) is 1. The van der Waals surface area contributed by atoms with Crippen LogP contribution in [0.15, 0.2) is 35.3 Å². The first-order chi connectivity index (χ1) is 12.7. The smallest absolute Gasteiger partial charge is 0.224 e. The van der Waals surface area contributed by atoms with Crippen molar-refractivity contribution in [2.75, 3.05) is 40.4 Å². The summed E-state index contributed by atoms with van der Waals surface area (Å²) in [6.07, 6.45) is 3.64. The van der Waals surface area contributed by atoms with Crippen LogP contribution >= 0.6 is 0 Å². The van der Waals surface area contributed by atoms with Crippen molar-refractivity contribution in [3.8, 4) is 0 Å². The molecule has 0 aliphatic heterocycles. The molecular weight excluding hydrogens is 328 g/mol. The Morgan fingerprint density at radius 3 is 2.50 bits per heavy atom. The van der Waals surface area contributed by atoms with E-state index in [-0.39, 0.29) is 5.91 Å². The Bertz CT molecular complexity index is 520. The van der Waals surface area contributed by atoms with Crippen LogP contribution in [0.5, 0.6) is 0 Å². The molecule has 0 fully saturated rings. The summed E-state index contributed by atoms with van der Waals surface area (Å²) in [4.78, 5) is 18.1. The van der Waals surface area contributed by atoms with Crippen molar-refractivity contribution in [1.29, 1.82) is 0 Å². The number of guanidine groups is 1. The molecule has 0 heterocycles. The Morgan fingerprint density at radius 2 is 1.81 bits per heavy atom. The first-order valence-corrected chi connectivity index (χ1v) is 9.47. The molecule has 6 nitrogen and oxygen atoms in total. The van der Waals surface area contributed by atoms with Gasteiger partial charge in [-0.05, 0) is 18.4 Å². The topological polar surface area (TPSA) is 66.0 Å². The molecule has 2 N–H and O–H groups in total. The Balaban J connectivity index is 2.14. The molecule has 26 heavy (non-hydrogen) atoms. The second kappa shape index (κ2) is 14.1. The van der Waals surface area contributed by atoms with E-state index in [1.54, 1.807) is 11.9 Å². The van der Waals surface area contributed by atoms with Gasteiger partial charge in [0.1, 0.15) is 0 Å². The maximum Gasteiger partial charge on any atom is 0.224 e. The Hall–Kier alpha value is -2.08. The van der Waals surface area contributed by atoms with Gasteiger partial charge in [-0.2, -0.15) is 0 Å². The highest BCUT2D eigenvalue weighted by Gasteiger charge is 2.09. The van der Waals surface area contributed by atoms with Gasteiger partial charge in [0, 0.05) is 53.4 Å². The van der Waals surface area contributed by atoms with Crippen LogP contribution in [-0.2, 0) is 16.1 Å². The second-order valence-corrected chi connectivity index (χ2v) is 6.23. The minimum Gasteiger partial charge on any atom is -0.381 e. The molecule has 0 radical (unpaired) electrons. The molecule has 146 valence electrons. The van der Waals surface area contributed by atoms with E-state index in [2.05, 4.69) is 22.5 Å². The Morgan fingerprint density at radius 1 is 1.12 bits per heavy atom. The lowest BCUT2D eigenvalue weighted by molar-refractivity contribution is -0.130. The van der Waals surface area contributed by atoms with Crippen molar-refractivity contribution in [2.24, 2.45) is 4.99 Å². The monoisotopic (exact) mass is 362 g/mol. The molecule has 0 saturated carbocycles. The lowest BCUT2D eigenvalue weighted by Crippen LogP contribution is -2.40. The highest BCUT2D eigenvalue weighted by molar-refractivity contribution is 5.81. The summed E-state index contributed by atoms with van der Waals surface area (Å²) in [5.74, 6) is 0.832. The van der Waals surface area contributed by atoms with Crippen LogP contribution in [0.4, 0.5) is 0 Å². The van der Waals surface area contributed by atoms with E-state index in [1.165, 1.54) is 0 Å². The molecule has 0 unspecified atom stereocenters. The molecule has 0 atom stereocenters. The third kappa shape index (κ3) is 10.0. The average molecular weight is 363 g/mol. The van der Waals surface area contributed by atoms with Crippen molar-refractivity contribution in [2.45, 2.75) is 39.2 Å². The fourth-order valence-electron chi connectivity index (χ4n) is 2.37. The van der Waals surface area contributed by atoms with E-state index in [1.807, 2.05) is 37.4 Å². The van der Waals surface area contributed by atoms with Crippen LogP contribution in [0.25, 0.3) is 0 Å². The second-order valence-electron chi connectivity index (χ2n) is 6.23. The van der Waals surface area contributed by atoms with Crippen LogP contribution in [0.3, 0.4) is 0 Å². The molecule has 0 aliphatic rings.